The van der Waals surface area contributed by atoms with Crippen LogP contribution >= 0.6 is 0 Å². The third kappa shape index (κ3) is 3.82. The van der Waals surface area contributed by atoms with E-state index in [1.165, 1.54) is 44.1 Å². The molecule has 0 spiro atoms. The molecule has 44 heavy (non-hydrogen) atoms. The summed E-state index contributed by atoms with van der Waals surface area (Å²) in [4.78, 5) is 0. The summed E-state index contributed by atoms with van der Waals surface area (Å²) >= 11 is 0. The van der Waals surface area contributed by atoms with Crippen molar-refractivity contribution in [1.82, 2.24) is 4.57 Å². The van der Waals surface area contributed by atoms with E-state index in [-0.39, 0.29) is 0 Å². The van der Waals surface area contributed by atoms with Gasteiger partial charge in [0.1, 0.15) is 11.2 Å². The van der Waals surface area contributed by atoms with Crippen molar-refractivity contribution in [3.8, 4) is 39.1 Å². The highest BCUT2D eigenvalue weighted by atomic mass is 16.3. The lowest BCUT2D eigenvalue weighted by Gasteiger charge is -2.14. The number of fused-ring (bicyclic) bond motifs is 6. The zero-order valence-electron chi connectivity index (χ0n) is 23.9. The van der Waals surface area contributed by atoms with Gasteiger partial charge in [0, 0.05) is 38.4 Å². The molecule has 0 saturated heterocycles. The highest BCUT2D eigenvalue weighted by Crippen LogP contribution is 2.42. The molecule has 9 aromatic rings. The number of benzene rings is 7. The first-order chi connectivity index (χ1) is 21.8. The van der Waals surface area contributed by atoms with Crippen molar-refractivity contribution in [2.24, 2.45) is 0 Å². The second-order valence-corrected chi connectivity index (χ2v) is 11.3. The number of furan rings is 1. The van der Waals surface area contributed by atoms with Gasteiger partial charge in [-0.2, -0.15) is 0 Å². The lowest BCUT2D eigenvalue weighted by Crippen LogP contribution is -1.96. The maximum atomic E-state index is 6.36. The van der Waals surface area contributed by atoms with Gasteiger partial charge in [0.2, 0.25) is 0 Å². The summed E-state index contributed by atoms with van der Waals surface area (Å²) in [6.45, 7) is 0. The molecule has 0 radical (unpaired) electrons. The summed E-state index contributed by atoms with van der Waals surface area (Å²) in [5.41, 5.74) is 12.5. The van der Waals surface area contributed by atoms with Gasteiger partial charge in [-0.25, -0.2) is 0 Å². The molecule has 2 heterocycles. The molecule has 7 aromatic carbocycles. The van der Waals surface area contributed by atoms with Crippen LogP contribution in [0.1, 0.15) is 0 Å². The van der Waals surface area contributed by atoms with Crippen molar-refractivity contribution >= 4 is 43.7 Å². The van der Waals surface area contributed by atoms with E-state index in [9.17, 15) is 0 Å². The fourth-order valence-corrected chi connectivity index (χ4v) is 6.77. The van der Waals surface area contributed by atoms with Gasteiger partial charge in [-0.1, -0.05) is 127 Å². The molecular weight excluding hydrogens is 534 g/mol. The molecule has 0 aliphatic rings. The molecular formula is C42H27NO. The quantitative estimate of drug-likeness (QED) is 0.209. The molecule has 0 amide bonds. The van der Waals surface area contributed by atoms with Crippen molar-refractivity contribution in [2.45, 2.75) is 0 Å². The predicted molar refractivity (Wildman–Crippen MR) is 184 cm³/mol. The van der Waals surface area contributed by atoms with Gasteiger partial charge >= 0.3 is 0 Å². The highest BCUT2D eigenvalue weighted by Gasteiger charge is 2.19. The fraction of sp³-hybridized carbons (Fsp3) is 0. The Balaban J connectivity index is 1.28. The summed E-state index contributed by atoms with van der Waals surface area (Å²) in [5.74, 6) is 0. The van der Waals surface area contributed by atoms with Gasteiger partial charge in [0.15, 0.2) is 0 Å². The molecule has 206 valence electrons. The zero-order chi connectivity index (χ0) is 29.0. The van der Waals surface area contributed by atoms with E-state index in [1.54, 1.807) is 0 Å². The minimum atomic E-state index is 0.917. The van der Waals surface area contributed by atoms with Crippen LogP contribution in [-0.2, 0) is 0 Å². The van der Waals surface area contributed by atoms with Crippen LogP contribution in [0.4, 0.5) is 0 Å². The van der Waals surface area contributed by atoms with Gasteiger partial charge in [-0.3, -0.25) is 0 Å². The minimum Gasteiger partial charge on any atom is -0.455 e. The number of para-hydroxylation sites is 3. The molecule has 2 heteroatoms. The third-order valence-corrected chi connectivity index (χ3v) is 8.80. The zero-order valence-corrected chi connectivity index (χ0v) is 23.9. The predicted octanol–water partition coefficient (Wildman–Crippen LogP) is 11.7. The number of rotatable bonds is 4. The number of hydrogen-bond donors (Lipinski definition) is 0. The molecule has 0 unspecified atom stereocenters. The average Bonchev–Trinajstić information content (AvgIpc) is 3.65. The Kier molecular flexibility index (Phi) is 5.54. The molecule has 0 fully saturated rings. The molecule has 0 saturated carbocycles. The molecule has 0 aliphatic carbocycles. The van der Waals surface area contributed by atoms with Gasteiger partial charge < -0.3 is 8.98 Å². The summed E-state index contributed by atoms with van der Waals surface area (Å²) in [7, 11) is 0. The van der Waals surface area contributed by atoms with E-state index >= 15 is 0 Å². The maximum absolute atomic E-state index is 6.36. The van der Waals surface area contributed by atoms with Crippen LogP contribution in [0.2, 0.25) is 0 Å². The van der Waals surface area contributed by atoms with Crippen LogP contribution in [0.5, 0.6) is 0 Å². The normalized spacial score (nSPS) is 11.6. The third-order valence-electron chi connectivity index (χ3n) is 8.80. The molecule has 0 bridgehead atoms. The molecule has 2 nitrogen and oxygen atoms in total. The van der Waals surface area contributed by atoms with Crippen LogP contribution in [0.3, 0.4) is 0 Å². The topological polar surface area (TPSA) is 18.1 Å². The van der Waals surface area contributed by atoms with Crippen LogP contribution in [0.25, 0.3) is 82.8 Å². The lowest BCUT2D eigenvalue weighted by molar-refractivity contribution is 0.670. The van der Waals surface area contributed by atoms with Gasteiger partial charge in [0.25, 0.3) is 0 Å². The standard InChI is InChI=1S/C42H27NO/c1-3-12-28(13-4-1)31-26-37(29-14-5-2-6-15-29)41-38(27-31)34-16-7-9-20-39(34)43(41)32-24-22-30(23-25-32)33-18-11-19-36-35-17-8-10-21-40(35)44-42(33)36/h1-27H. The van der Waals surface area contributed by atoms with Gasteiger partial charge in [0.05, 0.1) is 11.0 Å². The van der Waals surface area contributed by atoms with Crippen LogP contribution in [0.15, 0.2) is 168 Å². The maximum Gasteiger partial charge on any atom is 0.143 e. The average molecular weight is 562 g/mol. The lowest BCUT2D eigenvalue weighted by atomic mass is 9.95. The number of nitrogens with zero attached hydrogens (tertiary/aromatic N) is 1. The Morgan fingerprint density at radius 3 is 1.82 bits per heavy atom. The smallest absolute Gasteiger partial charge is 0.143 e. The summed E-state index contributed by atoms with van der Waals surface area (Å²) in [5, 5.41) is 4.78. The Morgan fingerprint density at radius 1 is 0.386 bits per heavy atom. The molecule has 2 aromatic heterocycles. The second kappa shape index (κ2) is 9.86. The first-order valence-electron chi connectivity index (χ1n) is 15.0. The Hall–Kier alpha value is -5.86. The van der Waals surface area contributed by atoms with Crippen molar-refractivity contribution < 1.29 is 4.42 Å². The molecule has 0 aliphatic heterocycles. The molecule has 0 N–H and O–H groups in total. The Morgan fingerprint density at radius 2 is 1.02 bits per heavy atom. The Labute approximate surface area is 255 Å². The van der Waals surface area contributed by atoms with E-state index in [0.717, 1.165) is 38.8 Å². The minimum absolute atomic E-state index is 0.917. The van der Waals surface area contributed by atoms with Gasteiger partial charge in [-0.15, -0.1) is 0 Å². The van der Waals surface area contributed by atoms with Crippen LogP contribution < -0.4 is 0 Å². The van der Waals surface area contributed by atoms with Crippen molar-refractivity contribution in [3.63, 3.8) is 0 Å². The van der Waals surface area contributed by atoms with Crippen molar-refractivity contribution in [3.05, 3.63) is 164 Å². The van der Waals surface area contributed by atoms with Gasteiger partial charge in [-0.05, 0) is 58.7 Å². The molecule has 0 atom stereocenters. The summed E-state index contributed by atoms with van der Waals surface area (Å²) in [6, 6.07) is 58.5. The van der Waals surface area contributed by atoms with Crippen molar-refractivity contribution in [2.75, 3.05) is 0 Å². The number of hydrogen-bond acceptors (Lipinski definition) is 1. The second-order valence-electron chi connectivity index (χ2n) is 11.3. The van der Waals surface area contributed by atoms with Crippen LogP contribution in [0, 0.1) is 0 Å². The fourth-order valence-electron chi connectivity index (χ4n) is 6.77. The van der Waals surface area contributed by atoms with Crippen molar-refractivity contribution in [1.29, 1.82) is 0 Å². The van der Waals surface area contributed by atoms with E-state index in [1.807, 2.05) is 12.1 Å². The Bertz CT molecular complexity index is 2470. The van der Waals surface area contributed by atoms with E-state index < -0.39 is 0 Å². The molecule has 9 rings (SSSR count). The number of aromatic nitrogens is 1. The SMILES string of the molecule is c1ccc(-c2cc(-c3ccccc3)c3c(c2)c2ccccc2n3-c2ccc(-c3cccc4c3oc3ccccc34)cc2)cc1. The van der Waals surface area contributed by atoms with E-state index in [4.69, 9.17) is 4.42 Å². The van der Waals surface area contributed by atoms with E-state index in [0.29, 0.717) is 0 Å². The first kappa shape index (κ1) is 24.7. The van der Waals surface area contributed by atoms with Crippen LogP contribution in [-0.4, -0.2) is 4.57 Å². The monoisotopic (exact) mass is 561 g/mol. The summed E-state index contributed by atoms with van der Waals surface area (Å²) in [6.07, 6.45) is 0. The first-order valence-corrected chi connectivity index (χ1v) is 15.0. The highest BCUT2D eigenvalue weighted by molar-refractivity contribution is 6.15. The van der Waals surface area contributed by atoms with E-state index in [2.05, 4.69) is 156 Å². The summed E-state index contributed by atoms with van der Waals surface area (Å²) < 4.78 is 8.79. The largest absolute Gasteiger partial charge is 0.455 e.